The first-order valence-electron chi connectivity index (χ1n) is 4.57. The van der Waals surface area contributed by atoms with E-state index in [1.807, 2.05) is 6.07 Å². The molecule has 0 fully saturated rings. The lowest BCUT2D eigenvalue weighted by molar-refractivity contribution is -0.122. The fourth-order valence-electron chi connectivity index (χ4n) is 1.17. The third-order valence-electron chi connectivity index (χ3n) is 1.90. The standard InChI is InChI=1S/C9H11N5O/c15-9(7-14-5-1-3-12-14)10-6-8-2-4-11-13-8/h1-5H,6-7H2,(H,10,15)(H,11,13). The molecule has 0 atom stereocenters. The Labute approximate surface area is 86.3 Å². The number of aromatic amines is 1. The van der Waals surface area contributed by atoms with Gasteiger partial charge in [0.15, 0.2) is 0 Å². The van der Waals surface area contributed by atoms with E-state index >= 15 is 0 Å². The van der Waals surface area contributed by atoms with Gasteiger partial charge in [-0.3, -0.25) is 14.6 Å². The first-order valence-corrected chi connectivity index (χ1v) is 4.57. The van der Waals surface area contributed by atoms with Gasteiger partial charge in [0, 0.05) is 18.6 Å². The van der Waals surface area contributed by atoms with Crippen LogP contribution in [-0.4, -0.2) is 25.9 Å². The van der Waals surface area contributed by atoms with Crippen LogP contribution in [0.5, 0.6) is 0 Å². The zero-order valence-corrected chi connectivity index (χ0v) is 8.05. The minimum absolute atomic E-state index is 0.0756. The van der Waals surface area contributed by atoms with Crippen molar-refractivity contribution in [1.82, 2.24) is 25.3 Å². The maximum atomic E-state index is 11.4. The molecule has 2 aromatic rings. The molecule has 2 N–H and O–H groups in total. The van der Waals surface area contributed by atoms with Gasteiger partial charge in [-0.1, -0.05) is 0 Å². The number of nitrogens with one attached hydrogen (secondary N) is 2. The van der Waals surface area contributed by atoms with Crippen LogP contribution in [0.2, 0.25) is 0 Å². The minimum Gasteiger partial charge on any atom is -0.349 e. The Kier molecular flexibility index (Phi) is 2.77. The third-order valence-corrected chi connectivity index (χ3v) is 1.90. The molecule has 2 heterocycles. The van der Waals surface area contributed by atoms with Crippen molar-refractivity contribution in [2.24, 2.45) is 0 Å². The fourth-order valence-corrected chi connectivity index (χ4v) is 1.17. The molecule has 0 unspecified atom stereocenters. The number of aromatic nitrogens is 4. The number of nitrogens with zero attached hydrogens (tertiary/aromatic N) is 3. The van der Waals surface area contributed by atoms with Gasteiger partial charge in [0.1, 0.15) is 6.54 Å². The van der Waals surface area contributed by atoms with Crippen LogP contribution < -0.4 is 5.32 Å². The summed E-state index contributed by atoms with van der Waals surface area (Å²) in [6.45, 7) is 0.696. The summed E-state index contributed by atoms with van der Waals surface area (Å²) in [7, 11) is 0. The van der Waals surface area contributed by atoms with Crippen LogP contribution in [0.4, 0.5) is 0 Å². The van der Waals surface area contributed by atoms with Gasteiger partial charge in [0.2, 0.25) is 5.91 Å². The predicted octanol–water partition coefficient (Wildman–Crippen LogP) is -0.0774. The quantitative estimate of drug-likeness (QED) is 0.733. The maximum absolute atomic E-state index is 11.4. The van der Waals surface area contributed by atoms with E-state index in [1.165, 1.54) is 0 Å². The Morgan fingerprint density at radius 2 is 2.47 bits per heavy atom. The van der Waals surface area contributed by atoms with Crippen molar-refractivity contribution in [1.29, 1.82) is 0 Å². The Morgan fingerprint density at radius 3 is 3.13 bits per heavy atom. The zero-order valence-electron chi connectivity index (χ0n) is 8.05. The summed E-state index contributed by atoms with van der Waals surface area (Å²) in [4.78, 5) is 11.4. The highest BCUT2D eigenvalue weighted by atomic mass is 16.2. The number of amides is 1. The minimum atomic E-state index is -0.0756. The van der Waals surface area contributed by atoms with Gasteiger partial charge < -0.3 is 5.32 Å². The summed E-state index contributed by atoms with van der Waals surface area (Å²) in [5.74, 6) is -0.0756. The molecule has 0 spiro atoms. The predicted molar refractivity (Wildman–Crippen MR) is 52.7 cm³/mol. The molecule has 0 aliphatic rings. The molecule has 0 saturated heterocycles. The molecule has 78 valence electrons. The summed E-state index contributed by atoms with van der Waals surface area (Å²) in [5.41, 5.74) is 0.879. The van der Waals surface area contributed by atoms with Gasteiger partial charge in [-0.25, -0.2) is 0 Å². The highest BCUT2D eigenvalue weighted by Gasteiger charge is 2.02. The molecular weight excluding hydrogens is 194 g/mol. The molecule has 15 heavy (non-hydrogen) atoms. The summed E-state index contributed by atoms with van der Waals surface area (Å²) in [5, 5.41) is 13.2. The molecule has 0 radical (unpaired) electrons. The summed E-state index contributed by atoms with van der Waals surface area (Å²) in [6.07, 6.45) is 5.03. The van der Waals surface area contributed by atoms with Gasteiger partial charge in [-0.15, -0.1) is 0 Å². The van der Waals surface area contributed by atoms with Crippen LogP contribution in [0.25, 0.3) is 0 Å². The van der Waals surface area contributed by atoms with E-state index in [9.17, 15) is 4.79 Å². The Balaban J connectivity index is 1.78. The van der Waals surface area contributed by atoms with Gasteiger partial charge in [0.05, 0.1) is 12.2 Å². The van der Waals surface area contributed by atoms with Crippen molar-refractivity contribution < 1.29 is 4.79 Å². The van der Waals surface area contributed by atoms with Gasteiger partial charge in [-0.2, -0.15) is 10.2 Å². The van der Waals surface area contributed by atoms with Crippen molar-refractivity contribution in [3.05, 3.63) is 36.4 Å². The SMILES string of the molecule is O=C(Cn1cccn1)NCc1ccn[nH]1. The van der Waals surface area contributed by atoms with Gasteiger partial charge >= 0.3 is 0 Å². The lowest BCUT2D eigenvalue weighted by atomic mass is 10.4. The van der Waals surface area contributed by atoms with E-state index in [2.05, 4.69) is 20.6 Å². The van der Waals surface area contributed by atoms with Crippen LogP contribution >= 0.6 is 0 Å². The second-order valence-corrected chi connectivity index (χ2v) is 3.06. The maximum Gasteiger partial charge on any atom is 0.242 e. The monoisotopic (exact) mass is 205 g/mol. The molecule has 0 bridgehead atoms. The smallest absolute Gasteiger partial charge is 0.242 e. The van der Waals surface area contributed by atoms with Crippen molar-refractivity contribution in [3.63, 3.8) is 0 Å². The van der Waals surface area contributed by atoms with E-state index in [-0.39, 0.29) is 12.5 Å². The van der Waals surface area contributed by atoms with Crippen molar-refractivity contribution in [3.8, 4) is 0 Å². The topological polar surface area (TPSA) is 75.6 Å². The lowest BCUT2D eigenvalue weighted by Gasteiger charge is -2.03. The molecule has 0 aromatic carbocycles. The molecule has 2 aromatic heterocycles. The Bertz CT molecular complexity index is 406. The van der Waals surface area contributed by atoms with Crippen molar-refractivity contribution in [2.45, 2.75) is 13.1 Å². The lowest BCUT2D eigenvalue weighted by Crippen LogP contribution is -2.27. The van der Waals surface area contributed by atoms with E-state index in [0.717, 1.165) is 5.69 Å². The summed E-state index contributed by atoms with van der Waals surface area (Å²) >= 11 is 0. The first-order chi connectivity index (χ1) is 7.34. The van der Waals surface area contributed by atoms with E-state index in [0.29, 0.717) is 6.54 Å². The average Bonchev–Trinajstić information content (AvgIpc) is 2.86. The van der Waals surface area contributed by atoms with Crippen LogP contribution in [0.1, 0.15) is 5.69 Å². The van der Waals surface area contributed by atoms with Crippen molar-refractivity contribution >= 4 is 5.91 Å². The Hall–Kier alpha value is -2.11. The third kappa shape index (κ3) is 2.67. The molecule has 0 saturated carbocycles. The average molecular weight is 205 g/mol. The van der Waals surface area contributed by atoms with Gasteiger partial charge in [0.25, 0.3) is 0 Å². The molecule has 1 amide bonds. The van der Waals surface area contributed by atoms with Crippen LogP contribution in [0, 0.1) is 0 Å². The largest absolute Gasteiger partial charge is 0.349 e. The summed E-state index contributed by atoms with van der Waals surface area (Å²) < 4.78 is 1.57. The molecule has 6 heteroatoms. The van der Waals surface area contributed by atoms with E-state index in [4.69, 9.17) is 0 Å². The summed E-state index contributed by atoms with van der Waals surface area (Å²) in [6, 6.07) is 3.59. The number of H-pyrrole nitrogens is 1. The number of carbonyl (C=O) groups excluding carboxylic acids is 1. The number of rotatable bonds is 4. The van der Waals surface area contributed by atoms with Crippen LogP contribution in [0.3, 0.4) is 0 Å². The normalized spacial score (nSPS) is 10.1. The molecule has 0 aliphatic carbocycles. The Morgan fingerprint density at radius 1 is 1.53 bits per heavy atom. The van der Waals surface area contributed by atoms with Crippen LogP contribution in [-0.2, 0) is 17.9 Å². The van der Waals surface area contributed by atoms with E-state index < -0.39 is 0 Å². The highest BCUT2D eigenvalue weighted by Crippen LogP contribution is 1.90. The molecule has 2 rings (SSSR count). The number of hydrogen-bond acceptors (Lipinski definition) is 3. The van der Waals surface area contributed by atoms with Crippen LogP contribution in [0.15, 0.2) is 30.7 Å². The molecular formula is C9H11N5O. The molecule has 0 aliphatic heterocycles. The number of carbonyl (C=O) groups is 1. The number of hydrogen-bond donors (Lipinski definition) is 2. The zero-order chi connectivity index (χ0) is 10.5. The second kappa shape index (κ2) is 4.41. The fraction of sp³-hybridized carbons (Fsp3) is 0.222. The van der Waals surface area contributed by atoms with E-state index in [1.54, 1.807) is 29.3 Å². The van der Waals surface area contributed by atoms with Crippen molar-refractivity contribution in [2.75, 3.05) is 0 Å². The first kappa shape index (κ1) is 9.45. The highest BCUT2D eigenvalue weighted by molar-refractivity contribution is 5.75. The van der Waals surface area contributed by atoms with Gasteiger partial charge in [-0.05, 0) is 12.1 Å². The molecule has 6 nitrogen and oxygen atoms in total. The second-order valence-electron chi connectivity index (χ2n) is 3.06.